The van der Waals surface area contributed by atoms with E-state index in [1.54, 1.807) is 6.92 Å². The van der Waals surface area contributed by atoms with Crippen LogP contribution in [0.15, 0.2) is 18.2 Å². The third-order valence-corrected chi connectivity index (χ3v) is 3.28. The first-order valence-corrected chi connectivity index (χ1v) is 6.52. The molecule has 0 bridgehead atoms. The van der Waals surface area contributed by atoms with E-state index in [9.17, 15) is 13.2 Å². The lowest BCUT2D eigenvalue weighted by atomic mass is 10.2. The van der Waals surface area contributed by atoms with Crippen LogP contribution in [0.25, 0.3) is 0 Å². The fraction of sp³-hybridized carbons (Fsp3) is 0.222. The molecule has 17 heavy (non-hydrogen) atoms. The molecule has 1 aromatic rings. The van der Waals surface area contributed by atoms with Crippen molar-refractivity contribution in [3.8, 4) is 0 Å². The van der Waals surface area contributed by atoms with E-state index in [1.165, 1.54) is 12.1 Å². The van der Waals surface area contributed by atoms with Gasteiger partial charge < -0.3 is 5.11 Å². The molecule has 0 aliphatic rings. The van der Waals surface area contributed by atoms with Crippen LogP contribution in [0.1, 0.15) is 17.3 Å². The summed E-state index contributed by atoms with van der Waals surface area (Å²) in [6.07, 6.45) is 0. The highest BCUT2D eigenvalue weighted by molar-refractivity contribution is 7.90. The third kappa shape index (κ3) is 3.88. The third-order valence-electron chi connectivity index (χ3n) is 1.79. The number of carboxylic acid groups (broad SMARTS) is 1. The van der Waals surface area contributed by atoms with E-state index in [1.807, 2.05) is 0 Å². The zero-order valence-corrected chi connectivity index (χ0v) is 10.5. The Morgan fingerprint density at radius 2 is 2.12 bits per heavy atom. The van der Waals surface area contributed by atoms with Gasteiger partial charge in [0.05, 0.1) is 16.3 Å². The van der Waals surface area contributed by atoms with Gasteiger partial charge in [-0.3, -0.25) is 4.72 Å². The number of anilines is 1. The molecule has 0 atom stereocenters. The molecule has 1 aromatic carbocycles. The summed E-state index contributed by atoms with van der Waals surface area (Å²) in [7, 11) is -3.73. The number of benzene rings is 1. The highest BCUT2D eigenvalue weighted by Gasteiger charge is 2.13. The smallest absolute Gasteiger partial charge is 0.335 e. The van der Waals surface area contributed by atoms with E-state index in [-0.39, 0.29) is 22.8 Å². The highest BCUT2D eigenvalue weighted by Crippen LogP contribution is 2.23. The van der Waals surface area contributed by atoms with E-state index in [2.05, 4.69) is 9.44 Å². The number of halogens is 1. The van der Waals surface area contributed by atoms with Crippen molar-refractivity contribution in [1.82, 2.24) is 4.72 Å². The van der Waals surface area contributed by atoms with Crippen molar-refractivity contribution in [1.29, 1.82) is 0 Å². The number of rotatable bonds is 5. The summed E-state index contributed by atoms with van der Waals surface area (Å²) in [6.45, 7) is 1.83. The molecule has 0 unspecified atom stereocenters. The van der Waals surface area contributed by atoms with Gasteiger partial charge in [0.2, 0.25) is 0 Å². The molecule has 0 aliphatic heterocycles. The van der Waals surface area contributed by atoms with Crippen LogP contribution >= 0.6 is 11.6 Å². The maximum absolute atomic E-state index is 11.4. The van der Waals surface area contributed by atoms with E-state index in [0.29, 0.717) is 0 Å². The standard InChI is InChI=1S/C9H11ClN2O4S/c1-2-11-17(15,16)12-8-5-6(9(13)14)3-4-7(8)10/h3-5,11-12H,2H2,1H3,(H,13,14). The van der Waals surface area contributed by atoms with Crippen LogP contribution in [-0.4, -0.2) is 26.0 Å². The first-order valence-electron chi connectivity index (χ1n) is 4.66. The molecular formula is C9H11ClN2O4S. The van der Waals surface area contributed by atoms with Crippen molar-refractivity contribution in [3.05, 3.63) is 28.8 Å². The van der Waals surface area contributed by atoms with Gasteiger partial charge in [0, 0.05) is 6.54 Å². The molecule has 0 saturated heterocycles. The number of aromatic carboxylic acids is 1. The average molecular weight is 279 g/mol. The summed E-state index contributed by atoms with van der Waals surface area (Å²) < 4.78 is 27.2. The van der Waals surface area contributed by atoms with Crippen LogP contribution in [0.2, 0.25) is 5.02 Å². The number of nitrogens with one attached hydrogen (secondary N) is 2. The monoisotopic (exact) mass is 278 g/mol. The fourth-order valence-electron chi connectivity index (χ4n) is 1.11. The lowest BCUT2D eigenvalue weighted by Crippen LogP contribution is -2.29. The summed E-state index contributed by atoms with van der Waals surface area (Å²) in [4.78, 5) is 10.7. The second-order valence-electron chi connectivity index (χ2n) is 3.10. The molecule has 0 saturated carbocycles. The molecular weight excluding hydrogens is 268 g/mol. The van der Waals surface area contributed by atoms with E-state index in [0.717, 1.165) is 6.07 Å². The Hall–Kier alpha value is -1.31. The first-order chi connectivity index (χ1) is 7.85. The SMILES string of the molecule is CCNS(=O)(=O)Nc1cc(C(=O)O)ccc1Cl. The largest absolute Gasteiger partial charge is 0.478 e. The van der Waals surface area contributed by atoms with Crippen molar-refractivity contribution in [2.75, 3.05) is 11.3 Å². The van der Waals surface area contributed by atoms with Crippen LogP contribution in [0.3, 0.4) is 0 Å². The molecule has 0 amide bonds. The van der Waals surface area contributed by atoms with Crippen LogP contribution in [0, 0.1) is 0 Å². The zero-order chi connectivity index (χ0) is 13.1. The molecule has 6 nitrogen and oxygen atoms in total. The average Bonchev–Trinajstić information content (AvgIpc) is 2.20. The van der Waals surface area contributed by atoms with Gasteiger partial charge in [-0.05, 0) is 18.2 Å². The molecule has 0 radical (unpaired) electrons. The molecule has 0 aromatic heterocycles. The summed E-state index contributed by atoms with van der Waals surface area (Å²) in [5.41, 5.74) is -0.0314. The van der Waals surface area contributed by atoms with Crippen molar-refractivity contribution in [3.63, 3.8) is 0 Å². The Kier molecular flexibility index (Phi) is 4.33. The highest BCUT2D eigenvalue weighted by atomic mass is 35.5. The topological polar surface area (TPSA) is 95.5 Å². The summed E-state index contributed by atoms with van der Waals surface area (Å²) in [6, 6.07) is 3.75. The fourth-order valence-corrected chi connectivity index (χ4v) is 2.24. The van der Waals surface area contributed by atoms with Crippen molar-refractivity contribution in [2.45, 2.75) is 6.92 Å². The van der Waals surface area contributed by atoms with Gasteiger partial charge in [0.25, 0.3) is 10.2 Å². The van der Waals surface area contributed by atoms with Crippen LogP contribution in [-0.2, 0) is 10.2 Å². The molecule has 0 fully saturated rings. The predicted octanol–water partition coefficient (Wildman–Crippen LogP) is 1.30. The summed E-state index contributed by atoms with van der Waals surface area (Å²) in [5, 5.41) is 8.89. The van der Waals surface area contributed by atoms with E-state index < -0.39 is 16.2 Å². The van der Waals surface area contributed by atoms with E-state index in [4.69, 9.17) is 16.7 Å². The van der Waals surface area contributed by atoms with Gasteiger partial charge in [-0.1, -0.05) is 18.5 Å². The van der Waals surface area contributed by atoms with Crippen molar-refractivity contribution >= 4 is 33.5 Å². The molecule has 0 spiro atoms. The first kappa shape index (κ1) is 13.8. The Bertz CT molecular complexity index is 530. The molecule has 3 N–H and O–H groups in total. The molecule has 0 aliphatic carbocycles. The van der Waals surface area contributed by atoms with Gasteiger partial charge >= 0.3 is 5.97 Å². The minimum absolute atomic E-state index is 0.0208. The normalized spacial score (nSPS) is 11.2. The van der Waals surface area contributed by atoms with Gasteiger partial charge in [-0.15, -0.1) is 0 Å². The maximum atomic E-state index is 11.4. The quantitative estimate of drug-likeness (QED) is 0.756. The number of hydrogen-bond donors (Lipinski definition) is 3. The minimum atomic E-state index is -3.73. The number of carboxylic acids is 1. The van der Waals surface area contributed by atoms with Gasteiger partial charge in [-0.2, -0.15) is 13.1 Å². The summed E-state index contributed by atoms with van der Waals surface area (Å²) >= 11 is 5.76. The molecule has 0 heterocycles. The van der Waals surface area contributed by atoms with Crippen LogP contribution in [0.4, 0.5) is 5.69 Å². The van der Waals surface area contributed by atoms with Crippen molar-refractivity contribution in [2.24, 2.45) is 0 Å². The lowest BCUT2D eigenvalue weighted by Gasteiger charge is -2.10. The predicted molar refractivity (Wildman–Crippen MR) is 64.6 cm³/mol. The Morgan fingerprint density at radius 1 is 1.47 bits per heavy atom. The van der Waals surface area contributed by atoms with Crippen molar-refractivity contribution < 1.29 is 18.3 Å². The number of hydrogen-bond acceptors (Lipinski definition) is 3. The Morgan fingerprint density at radius 3 is 2.65 bits per heavy atom. The number of carbonyl (C=O) groups is 1. The van der Waals surface area contributed by atoms with Gasteiger partial charge in [0.15, 0.2) is 0 Å². The summed E-state index contributed by atoms with van der Waals surface area (Å²) in [5.74, 6) is -1.16. The lowest BCUT2D eigenvalue weighted by molar-refractivity contribution is 0.0697. The van der Waals surface area contributed by atoms with Gasteiger partial charge in [0.1, 0.15) is 0 Å². The van der Waals surface area contributed by atoms with E-state index >= 15 is 0 Å². The second-order valence-corrected chi connectivity index (χ2v) is 5.01. The second kappa shape index (κ2) is 5.35. The van der Waals surface area contributed by atoms with Crippen LogP contribution < -0.4 is 9.44 Å². The van der Waals surface area contributed by atoms with Crippen LogP contribution in [0.5, 0.6) is 0 Å². The molecule has 1 rings (SSSR count). The molecule has 94 valence electrons. The minimum Gasteiger partial charge on any atom is -0.478 e. The zero-order valence-electron chi connectivity index (χ0n) is 8.90. The maximum Gasteiger partial charge on any atom is 0.335 e. The van der Waals surface area contributed by atoms with Gasteiger partial charge in [-0.25, -0.2) is 4.79 Å². The molecule has 8 heteroatoms. The Balaban J connectivity index is 3.06. The Labute approximate surface area is 104 Å².